The summed E-state index contributed by atoms with van der Waals surface area (Å²) in [6.45, 7) is 6.91. The molecule has 0 aliphatic carbocycles. The number of halogens is 1. The summed E-state index contributed by atoms with van der Waals surface area (Å²) in [4.78, 5) is 0. The SMILES string of the molecule is CCC(CBr)(CCC(C)C)c1ccccc1. The number of benzene rings is 1. The summed E-state index contributed by atoms with van der Waals surface area (Å²) in [7, 11) is 0. The molecule has 0 spiro atoms. The van der Waals surface area contributed by atoms with Crippen LogP contribution >= 0.6 is 15.9 Å². The van der Waals surface area contributed by atoms with Gasteiger partial charge in [0.25, 0.3) is 0 Å². The lowest BCUT2D eigenvalue weighted by Gasteiger charge is -2.32. The fourth-order valence-corrected chi connectivity index (χ4v) is 3.12. The van der Waals surface area contributed by atoms with Gasteiger partial charge in [0.2, 0.25) is 0 Å². The molecule has 0 bridgehead atoms. The minimum atomic E-state index is 0.325. The normalized spacial score (nSPS) is 15.1. The molecule has 1 rings (SSSR count). The quantitative estimate of drug-likeness (QED) is 0.632. The van der Waals surface area contributed by atoms with Gasteiger partial charge in [0.15, 0.2) is 0 Å². The third-order valence-electron chi connectivity index (χ3n) is 3.52. The van der Waals surface area contributed by atoms with Crippen LogP contribution in [0.4, 0.5) is 0 Å². The van der Waals surface area contributed by atoms with Gasteiger partial charge >= 0.3 is 0 Å². The van der Waals surface area contributed by atoms with E-state index in [1.165, 1.54) is 24.8 Å². The highest BCUT2D eigenvalue weighted by atomic mass is 79.9. The number of hydrogen-bond acceptors (Lipinski definition) is 0. The fraction of sp³-hybridized carbons (Fsp3) is 0.600. The van der Waals surface area contributed by atoms with Crippen LogP contribution in [0.5, 0.6) is 0 Å². The lowest BCUT2D eigenvalue weighted by Crippen LogP contribution is -2.27. The molecule has 0 aliphatic rings. The molecule has 0 heterocycles. The average Bonchev–Trinajstić information content (AvgIpc) is 2.32. The highest BCUT2D eigenvalue weighted by Gasteiger charge is 2.28. The standard InChI is InChI=1S/C15H23Br/c1-4-15(12-16,11-10-13(2)3)14-8-6-5-7-9-14/h5-9,13H,4,10-12H2,1-3H3. The highest BCUT2D eigenvalue weighted by molar-refractivity contribution is 9.09. The van der Waals surface area contributed by atoms with Crippen molar-refractivity contribution < 1.29 is 0 Å². The van der Waals surface area contributed by atoms with Crippen LogP contribution in [0.15, 0.2) is 30.3 Å². The molecule has 0 saturated carbocycles. The Labute approximate surface area is 109 Å². The number of alkyl halides is 1. The van der Waals surface area contributed by atoms with Gasteiger partial charge in [-0.1, -0.05) is 73.5 Å². The molecule has 0 amide bonds. The van der Waals surface area contributed by atoms with Gasteiger partial charge < -0.3 is 0 Å². The largest absolute Gasteiger partial charge is 0.0918 e. The average molecular weight is 283 g/mol. The van der Waals surface area contributed by atoms with Crippen LogP contribution in [0, 0.1) is 5.92 Å². The molecular weight excluding hydrogens is 260 g/mol. The Morgan fingerprint density at radius 2 is 1.81 bits per heavy atom. The van der Waals surface area contributed by atoms with Crippen molar-refractivity contribution in [2.24, 2.45) is 5.92 Å². The van der Waals surface area contributed by atoms with Gasteiger partial charge in [-0.15, -0.1) is 0 Å². The van der Waals surface area contributed by atoms with Crippen LogP contribution in [0.1, 0.15) is 45.6 Å². The molecule has 0 radical (unpaired) electrons. The van der Waals surface area contributed by atoms with E-state index in [-0.39, 0.29) is 0 Å². The second kappa shape index (κ2) is 6.44. The highest BCUT2D eigenvalue weighted by Crippen LogP contribution is 2.35. The van der Waals surface area contributed by atoms with E-state index in [0.717, 1.165) is 11.2 Å². The predicted molar refractivity (Wildman–Crippen MR) is 76.3 cm³/mol. The van der Waals surface area contributed by atoms with E-state index >= 15 is 0 Å². The van der Waals surface area contributed by atoms with Crippen molar-refractivity contribution >= 4 is 15.9 Å². The van der Waals surface area contributed by atoms with Gasteiger partial charge in [-0.2, -0.15) is 0 Å². The van der Waals surface area contributed by atoms with Crippen molar-refractivity contribution in [3.63, 3.8) is 0 Å². The molecule has 1 aromatic carbocycles. The summed E-state index contributed by atoms with van der Waals surface area (Å²) in [5, 5.41) is 1.06. The summed E-state index contributed by atoms with van der Waals surface area (Å²) in [5.41, 5.74) is 1.81. The molecule has 0 nitrogen and oxygen atoms in total. The van der Waals surface area contributed by atoms with Crippen molar-refractivity contribution in [1.82, 2.24) is 0 Å². The first kappa shape index (κ1) is 13.8. The van der Waals surface area contributed by atoms with Crippen LogP contribution in [0.2, 0.25) is 0 Å². The zero-order chi connectivity index (χ0) is 12.0. The number of rotatable bonds is 6. The van der Waals surface area contributed by atoms with E-state index in [1.807, 2.05) is 0 Å². The van der Waals surface area contributed by atoms with Crippen LogP contribution in [0.3, 0.4) is 0 Å². The predicted octanol–water partition coefficient (Wildman–Crippen LogP) is 5.17. The van der Waals surface area contributed by atoms with Gasteiger partial charge in [-0.3, -0.25) is 0 Å². The second-order valence-electron chi connectivity index (χ2n) is 5.07. The summed E-state index contributed by atoms with van der Waals surface area (Å²) in [6.07, 6.45) is 3.78. The molecule has 1 heteroatoms. The summed E-state index contributed by atoms with van der Waals surface area (Å²) in [5.74, 6) is 0.786. The van der Waals surface area contributed by atoms with Crippen molar-refractivity contribution in [3.8, 4) is 0 Å². The molecular formula is C15H23Br. The van der Waals surface area contributed by atoms with Gasteiger partial charge in [0.1, 0.15) is 0 Å². The van der Waals surface area contributed by atoms with Crippen LogP contribution in [0.25, 0.3) is 0 Å². The van der Waals surface area contributed by atoms with E-state index in [1.54, 1.807) is 0 Å². The van der Waals surface area contributed by atoms with Crippen LogP contribution < -0.4 is 0 Å². The van der Waals surface area contributed by atoms with Crippen molar-refractivity contribution in [1.29, 1.82) is 0 Å². The first-order chi connectivity index (χ1) is 7.64. The van der Waals surface area contributed by atoms with E-state index in [9.17, 15) is 0 Å². The molecule has 0 aliphatic heterocycles. The van der Waals surface area contributed by atoms with E-state index in [4.69, 9.17) is 0 Å². The zero-order valence-electron chi connectivity index (χ0n) is 10.7. The topological polar surface area (TPSA) is 0 Å². The van der Waals surface area contributed by atoms with Crippen molar-refractivity contribution in [3.05, 3.63) is 35.9 Å². The molecule has 1 atom stereocenters. The first-order valence-electron chi connectivity index (χ1n) is 6.26. The van der Waals surface area contributed by atoms with Crippen LogP contribution in [-0.2, 0) is 5.41 Å². The lowest BCUT2D eigenvalue weighted by molar-refractivity contribution is 0.382. The zero-order valence-corrected chi connectivity index (χ0v) is 12.3. The molecule has 0 saturated heterocycles. The Hall–Kier alpha value is -0.300. The molecule has 0 fully saturated rings. The monoisotopic (exact) mass is 282 g/mol. The van der Waals surface area contributed by atoms with Gasteiger partial charge in [0.05, 0.1) is 0 Å². The van der Waals surface area contributed by atoms with Gasteiger partial charge in [-0.25, -0.2) is 0 Å². The number of hydrogen-bond donors (Lipinski definition) is 0. The van der Waals surface area contributed by atoms with Gasteiger partial charge in [-0.05, 0) is 24.3 Å². The Kier molecular flexibility index (Phi) is 5.54. The Morgan fingerprint density at radius 3 is 2.25 bits per heavy atom. The summed E-state index contributed by atoms with van der Waals surface area (Å²) in [6, 6.07) is 10.9. The minimum Gasteiger partial charge on any atom is -0.0918 e. The molecule has 0 N–H and O–H groups in total. The maximum Gasteiger partial charge on any atom is 0.0128 e. The van der Waals surface area contributed by atoms with E-state index in [0.29, 0.717) is 5.41 Å². The van der Waals surface area contributed by atoms with E-state index in [2.05, 4.69) is 67.0 Å². The maximum atomic E-state index is 3.72. The third-order valence-corrected chi connectivity index (χ3v) is 4.59. The van der Waals surface area contributed by atoms with Crippen molar-refractivity contribution in [2.75, 3.05) is 5.33 Å². The Balaban J connectivity index is 2.87. The maximum absolute atomic E-state index is 3.72. The van der Waals surface area contributed by atoms with E-state index < -0.39 is 0 Å². The molecule has 1 unspecified atom stereocenters. The fourth-order valence-electron chi connectivity index (χ4n) is 2.12. The van der Waals surface area contributed by atoms with Gasteiger partial charge in [0, 0.05) is 10.7 Å². The minimum absolute atomic E-state index is 0.325. The lowest BCUT2D eigenvalue weighted by atomic mass is 9.75. The second-order valence-corrected chi connectivity index (χ2v) is 5.63. The molecule has 1 aromatic rings. The Morgan fingerprint density at radius 1 is 1.19 bits per heavy atom. The summed E-state index contributed by atoms with van der Waals surface area (Å²) >= 11 is 3.72. The first-order valence-corrected chi connectivity index (χ1v) is 7.38. The smallest absolute Gasteiger partial charge is 0.0128 e. The molecule has 16 heavy (non-hydrogen) atoms. The molecule has 0 aromatic heterocycles. The van der Waals surface area contributed by atoms with Crippen LogP contribution in [-0.4, -0.2) is 5.33 Å². The molecule has 90 valence electrons. The Bertz CT molecular complexity index is 286. The van der Waals surface area contributed by atoms with Crippen molar-refractivity contribution in [2.45, 2.75) is 45.4 Å². The summed E-state index contributed by atoms with van der Waals surface area (Å²) < 4.78 is 0. The third kappa shape index (κ3) is 3.35.